The van der Waals surface area contributed by atoms with Crippen molar-refractivity contribution in [1.82, 2.24) is 10.1 Å². The lowest BCUT2D eigenvalue weighted by molar-refractivity contribution is -0.136. The number of anilines is 1. The number of ether oxygens (including phenoxy) is 1. The van der Waals surface area contributed by atoms with Crippen molar-refractivity contribution in [3.05, 3.63) is 11.8 Å². The molecule has 2 heterocycles. The number of amides is 2. The Bertz CT molecular complexity index is 538. The first-order valence-corrected chi connectivity index (χ1v) is 8.71. The van der Waals surface area contributed by atoms with E-state index in [1.54, 1.807) is 17.9 Å². The second kappa shape index (κ2) is 9.42. The predicted octanol–water partition coefficient (Wildman–Crippen LogP) is 2.51. The lowest BCUT2D eigenvalue weighted by Gasteiger charge is -2.25. The van der Waals surface area contributed by atoms with Gasteiger partial charge in [-0.15, -0.1) is 0 Å². The van der Waals surface area contributed by atoms with Crippen LogP contribution in [0.3, 0.4) is 0 Å². The highest BCUT2D eigenvalue weighted by atomic mass is 16.5. The van der Waals surface area contributed by atoms with Crippen LogP contribution in [-0.2, 0) is 14.3 Å². The van der Waals surface area contributed by atoms with Gasteiger partial charge in [0.2, 0.25) is 11.8 Å². The molecular formula is C17H27N3O4. The van der Waals surface area contributed by atoms with Gasteiger partial charge in [0, 0.05) is 25.6 Å². The number of aromatic nitrogens is 1. The number of nitrogens with zero attached hydrogens (tertiary/aromatic N) is 2. The summed E-state index contributed by atoms with van der Waals surface area (Å²) in [5, 5.41) is 6.40. The van der Waals surface area contributed by atoms with Crippen LogP contribution in [0.5, 0.6) is 0 Å². The van der Waals surface area contributed by atoms with Crippen molar-refractivity contribution in [3.8, 4) is 0 Å². The van der Waals surface area contributed by atoms with Crippen molar-refractivity contribution < 1.29 is 18.8 Å². The van der Waals surface area contributed by atoms with Gasteiger partial charge < -0.3 is 19.5 Å². The zero-order valence-electron chi connectivity index (χ0n) is 14.5. The number of hydrogen-bond acceptors (Lipinski definition) is 5. The highest BCUT2D eigenvalue weighted by Crippen LogP contribution is 2.15. The summed E-state index contributed by atoms with van der Waals surface area (Å²) in [4.78, 5) is 26.3. The normalized spacial score (nSPS) is 17.0. The van der Waals surface area contributed by atoms with Crippen molar-refractivity contribution in [2.24, 2.45) is 0 Å². The molecule has 1 atom stereocenters. The number of aryl methyl sites for hydroxylation is 1. The van der Waals surface area contributed by atoms with Gasteiger partial charge in [-0.1, -0.05) is 24.9 Å². The minimum Gasteiger partial charge on any atom is -0.376 e. The third-order valence-corrected chi connectivity index (χ3v) is 4.02. The molecule has 0 unspecified atom stereocenters. The molecule has 1 aliphatic rings. The largest absolute Gasteiger partial charge is 0.376 e. The van der Waals surface area contributed by atoms with E-state index in [-0.39, 0.29) is 24.5 Å². The Morgan fingerprint density at radius 1 is 1.42 bits per heavy atom. The van der Waals surface area contributed by atoms with Crippen LogP contribution in [0.15, 0.2) is 10.6 Å². The number of carbonyl (C=O) groups excluding carboxylic acids is 2. The molecule has 1 N–H and O–H groups in total. The first kappa shape index (κ1) is 18.4. The quantitative estimate of drug-likeness (QED) is 0.700. The van der Waals surface area contributed by atoms with Crippen LogP contribution in [0.25, 0.3) is 0 Å². The van der Waals surface area contributed by atoms with Gasteiger partial charge in [0.25, 0.3) is 0 Å². The van der Waals surface area contributed by atoms with Crippen LogP contribution in [0.2, 0.25) is 0 Å². The maximum absolute atomic E-state index is 12.5. The van der Waals surface area contributed by atoms with Crippen LogP contribution in [0, 0.1) is 6.92 Å². The second-order valence-corrected chi connectivity index (χ2v) is 6.24. The Morgan fingerprint density at radius 2 is 2.25 bits per heavy atom. The summed E-state index contributed by atoms with van der Waals surface area (Å²) in [6, 6.07) is 1.64. The van der Waals surface area contributed by atoms with Crippen LogP contribution >= 0.6 is 0 Å². The van der Waals surface area contributed by atoms with Gasteiger partial charge >= 0.3 is 0 Å². The van der Waals surface area contributed by atoms with E-state index < -0.39 is 0 Å². The van der Waals surface area contributed by atoms with E-state index in [0.717, 1.165) is 38.7 Å². The maximum atomic E-state index is 12.5. The Kier molecular flexibility index (Phi) is 7.24. The molecule has 0 radical (unpaired) electrons. The summed E-state index contributed by atoms with van der Waals surface area (Å²) in [6.07, 6.45) is 5.37. The van der Waals surface area contributed by atoms with Crippen molar-refractivity contribution in [1.29, 1.82) is 0 Å². The van der Waals surface area contributed by atoms with Gasteiger partial charge in [-0.25, -0.2) is 0 Å². The van der Waals surface area contributed by atoms with Crippen LogP contribution in [-0.4, -0.2) is 47.7 Å². The van der Waals surface area contributed by atoms with E-state index in [1.807, 2.05) is 0 Å². The SMILES string of the molecule is CCCCCC(=O)N(CC(=O)Nc1cc(C)on1)C[C@@H]1CCCO1. The fourth-order valence-electron chi connectivity index (χ4n) is 2.75. The molecule has 0 saturated carbocycles. The zero-order chi connectivity index (χ0) is 17.4. The average Bonchev–Trinajstić information content (AvgIpc) is 3.18. The Balaban J connectivity index is 1.90. The van der Waals surface area contributed by atoms with Gasteiger partial charge in [0.1, 0.15) is 5.76 Å². The molecule has 1 aromatic rings. The molecule has 1 aliphatic heterocycles. The average molecular weight is 337 g/mol. The fourth-order valence-corrected chi connectivity index (χ4v) is 2.75. The third kappa shape index (κ3) is 5.96. The zero-order valence-corrected chi connectivity index (χ0v) is 14.5. The van der Waals surface area contributed by atoms with Gasteiger partial charge in [-0.05, 0) is 26.2 Å². The lowest BCUT2D eigenvalue weighted by Crippen LogP contribution is -2.42. The van der Waals surface area contributed by atoms with E-state index >= 15 is 0 Å². The molecule has 1 aromatic heterocycles. The number of carbonyl (C=O) groups is 2. The first-order chi connectivity index (χ1) is 11.6. The minimum atomic E-state index is -0.273. The van der Waals surface area contributed by atoms with Crippen molar-refractivity contribution in [2.45, 2.75) is 58.5 Å². The number of unbranched alkanes of at least 4 members (excludes halogenated alkanes) is 2. The van der Waals surface area contributed by atoms with E-state index in [1.165, 1.54) is 0 Å². The second-order valence-electron chi connectivity index (χ2n) is 6.24. The maximum Gasteiger partial charge on any atom is 0.245 e. The Labute approximate surface area is 142 Å². The molecule has 7 heteroatoms. The topological polar surface area (TPSA) is 84.7 Å². The highest BCUT2D eigenvalue weighted by Gasteiger charge is 2.24. The van der Waals surface area contributed by atoms with E-state index in [2.05, 4.69) is 17.4 Å². The molecule has 7 nitrogen and oxygen atoms in total. The van der Waals surface area contributed by atoms with Crippen LogP contribution < -0.4 is 5.32 Å². The molecule has 0 spiro atoms. The molecule has 134 valence electrons. The Morgan fingerprint density at radius 3 is 2.88 bits per heavy atom. The van der Waals surface area contributed by atoms with Crippen molar-refractivity contribution in [2.75, 3.05) is 25.0 Å². The number of rotatable bonds is 9. The molecule has 24 heavy (non-hydrogen) atoms. The molecule has 2 amide bonds. The molecule has 0 aliphatic carbocycles. The smallest absolute Gasteiger partial charge is 0.245 e. The summed E-state index contributed by atoms with van der Waals surface area (Å²) in [7, 11) is 0. The standard InChI is InChI=1S/C17H27N3O4/c1-3-4-5-8-17(22)20(11-14-7-6-9-23-14)12-16(21)18-15-10-13(2)24-19-15/h10,14H,3-9,11-12H2,1-2H3,(H,18,19,21)/t14-/m0/s1. The van der Waals surface area contributed by atoms with E-state index in [4.69, 9.17) is 9.26 Å². The summed E-state index contributed by atoms with van der Waals surface area (Å²) >= 11 is 0. The van der Waals surface area contributed by atoms with E-state index in [0.29, 0.717) is 24.5 Å². The molecule has 2 rings (SSSR count). The molecule has 1 saturated heterocycles. The molecule has 1 fully saturated rings. The fraction of sp³-hybridized carbons (Fsp3) is 0.706. The summed E-state index contributed by atoms with van der Waals surface area (Å²) in [5.41, 5.74) is 0. The highest BCUT2D eigenvalue weighted by molar-refractivity contribution is 5.93. The summed E-state index contributed by atoms with van der Waals surface area (Å²) in [5.74, 6) is 0.723. The Hall–Kier alpha value is -1.89. The predicted molar refractivity (Wildman–Crippen MR) is 89.6 cm³/mol. The summed E-state index contributed by atoms with van der Waals surface area (Å²) < 4.78 is 10.5. The van der Waals surface area contributed by atoms with Crippen LogP contribution in [0.1, 0.15) is 51.2 Å². The molecule has 0 aromatic carbocycles. The van der Waals surface area contributed by atoms with Gasteiger partial charge in [-0.3, -0.25) is 9.59 Å². The molecule has 0 bridgehead atoms. The minimum absolute atomic E-state index is 0.00503. The number of hydrogen-bond donors (Lipinski definition) is 1. The van der Waals surface area contributed by atoms with Gasteiger partial charge in [-0.2, -0.15) is 0 Å². The van der Waals surface area contributed by atoms with Crippen molar-refractivity contribution in [3.63, 3.8) is 0 Å². The van der Waals surface area contributed by atoms with Crippen LogP contribution in [0.4, 0.5) is 5.82 Å². The third-order valence-electron chi connectivity index (χ3n) is 4.02. The lowest BCUT2D eigenvalue weighted by atomic mass is 10.1. The van der Waals surface area contributed by atoms with Gasteiger partial charge in [0.05, 0.1) is 12.6 Å². The molecular weight excluding hydrogens is 310 g/mol. The van der Waals surface area contributed by atoms with Crippen molar-refractivity contribution >= 4 is 17.6 Å². The first-order valence-electron chi connectivity index (χ1n) is 8.71. The van der Waals surface area contributed by atoms with E-state index in [9.17, 15) is 9.59 Å². The number of nitrogens with one attached hydrogen (secondary N) is 1. The monoisotopic (exact) mass is 337 g/mol. The van der Waals surface area contributed by atoms with Gasteiger partial charge in [0.15, 0.2) is 5.82 Å². The summed E-state index contributed by atoms with van der Waals surface area (Å²) in [6.45, 7) is 5.06.